The minimum Gasteiger partial charge on any atom is -0.223 e. The lowest BCUT2D eigenvalue weighted by Gasteiger charge is -2.25. The fourth-order valence-electron chi connectivity index (χ4n) is 6.72. The molecular formula is C33H37N2+. The van der Waals surface area contributed by atoms with Crippen LogP contribution in [0, 0.1) is 26.2 Å². The third kappa shape index (κ3) is 3.12. The molecule has 1 aliphatic rings. The van der Waals surface area contributed by atoms with Gasteiger partial charge in [0.25, 0.3) is 5.65 Å². The Labute approximate surface area is 209 Å². The maximum absolute atomic E-state index is 2.63. The predicted octanol–water partition coefficient (Wildman–Crippen LogP) is 8.39. The van der Waals surface area contributed by atoms with Crippen LogP contribution in [0.4, 0.5) is 0 Å². The first-order valence-corrected chi connectivity index (χ1v) is 13.1. The second kappa shape index (κ2) is 7.43. The van der Waals surface area contributed by atoms with Gasteiger partial charge in [-0.1, -0.05) is 70.2 Å². The van der Waals surface area contributed by atoms with Crippen molar-refractivity contribution >= 4 is 27.3 Å². The first kappa shape index (κ1) is 22.3. The first-order valence-electron chi connectivity index (χ1n) is 13.1. The highest BCUT2D eigenvalue weighted by Crippen LogP contribution is 2.45. The van der Waals surface area contributed by atoms with E-state index in [1.807, 2.05) is 0 Å². The Hall–Kier alpha value is -3.13. The van der Waals surface area contributed by atoms with E-state index >= 15 is 0 Å². The summed E-state index contributed by atoms with van der Waals surface area (Å²) in [6, 6.07) is 21.3. The molecule has 0 saturated carbocycles. The van der Waals surface area contributed by atoms with E-state index in [0.29, 0.717) is 12.0 Å². The maximum atomic E-state index is 2.63. The number of imidazole rings is 1. The zero-order valence-electron chi connectivity index (χ0n) is 22.5. The Balaban J connectivity index is 1.88. The van der Waals surface area contributed by atoms with Crippen molar-refractivity contribution in [2.75, 3.05) is 0 Å². The van der Waals surface area contributed by atoms with Crippen LogP contribution < -0.4 is 4.40 Å². The van der Waals surface area contributed by atoms with Gasteiger partial charge in [-0.05, 0) is 67.0 Å². The van der Waals surface area contributed by atoms with Gasteiger partial charge < -0.3 is 0 Å². The van der Waals surface area contributed by atoms with Crippen molar-refractivity contribution in [2.24, 2.45) is 5.41 Å². The van der Waals surface area contributed by atoms with Gasteiger partial charge in [-0.25, -0.2) is 4.57 Å². The summed E-state index contributed by atoms with van der Waals surface area (Å²) in [5, 5.41) is 4.19. The van der Waals surface area contributed by atoms with Gasteiger partial charge >= 0.3 is 0 Å². The number of pyridine rings is 1. The fourth-order valence-corrected chi connectivity index (χ4v) is 6.72. The smallest absolute Gasteiger partial charge is 0.223 e. The van der Waals surface area contributed by atoms with Crippen LogP contribution in [0.5, 0.6) is 0 Å². The molecule has 1 aliphatic heterocycles. The van der Waals surface area contributed by atoms with E-state index in [1.54, 1.807) is 0 Å². The molecule has 0 spiro atoms. The van der Waals surface area contributed by atoms with Crippen LogP contribution in [0.3, 0.4) is 0 Å². The molecule has 0 amide bonds. The van der Waals surface area contributed by atoms with E-state index < -0.39 is 0 Å². The predicted molar refractivity (Wildman–Crippen MR) is 149 cm³/mol. The monoisotopic (exact) mass is 461 g/mol. The summed E-state index contributed by atoms with van der Waals surface area (Å²) in [4.78, 5) is 0. The Morgan fingerprint density at radius 2 is 1.54 bits per heavy atom. The van der Waals surface area contributed by atoms with Crippen LogP contribution >= 0.6 is 0 Å². The molecule has 0 aliphatic carbocycles. The Kier molecular flexibility index (Phi) is 4.75. The lowest BCUT2D eigenvalue weighted by atomic mass is 9.85. The Bertz CT molecular complexity index is 1640. The summed E-state index contributed by atoms with van der Waals surface area (Å²) < 4.78 is 5.22. The maximum Gasteiger partial charge on any atom is 0.296 e. The molecule has 2 atom stereocenters. The van der Waals surface area contributed by atoms with Gasteiger partial charge in [0.05, 0.1) is 5.39 Å². The summed E-state index contributed by atoms with van der Waals surface area (Å²) in [6.07, 6.45) is 1.07. The number of hydrogen-bond donors (Lipinski definition) is 0. The van der Waals surface area contributed by atoms with Crippen molar-refractivity contribution in [1.29, 1.82) is 0 Å². The van der Waals surface area contributed by atoms with Gasteiger partial charge in [-0.3, -0.25) is 0 Å². The van der Waals surface area contributed by atoms with Gasteiger partial charge in [-0.15, -0.1) is 0 Å². The number of hydrogen-bond acceptors (Lipinski definition) is 0. The van der Waals surface area contributed by atoms with E-state index in [2.05, 4.69) is 119 Å². The highest BCUT2D eigenvalue weighted by atomic mass is 15.2. The van der Waals surface area contributed by atoms with E-state index in [0.717, 1.165) is 6.42 Å². The van der Waals surface area contributed by atoms with Gasteiger partial charge in [0, 0.05) is 29.2 Å². The minimum absolute atomic E-state index is 0.255. The lowest BCUT2D eigenvalue weighted by molar-refractivity contribution is -0.467. The van der Waals surface area contributed by atoms with E-state index in [1.165, 1.54) is 66.5 Å². The highest BCUT2D eigenvalue weighted by Gasteiger charge is 2.39. The van der Waals surface area contributed by atoms with E-state index in [-0.39, 0.29) is 5.41 Å². The molecule has 2 heteroatoms. The lowest BCUT2D eigenvalue weighted by Crippen LogP contribution is -2.28. The second-order valence-corrected chi connectivity index (χ2v) is 12.1. The average molecular weight is 462 g/mol. The molecule has 0 radical (unpaired) electrons. The van der Waals surface area contributed by atoms with Gasteiger partial charge in [-0.2, -0.15) is 4.40 Å². The third-order valence-corrected chi connectivity index (χ3v) is 8.35. The average Bonchev–Trinajstić information content (AvgIpc) is 3.09. The van der Waals surface area contributed by atoms with Crippen molar-refractivity contribution in [2.45, 2.75) is 73.8 Å². The van der Waals surface area contributed by atoms with E-state index in [4.69, 9.17) is 0 Å². The summed E-state index contributed by atoms with van der Waals surface area (Å²) in [7, 11) is 0. The first-order chi connectivity index (χ1) is 16.6. The molecular weight excluding hydrogens is 424 g/mol. The summed E-state index contributed by atoms with van der Waals surface area (Å²) in [5.74, 6) is 0.460. The third-order valence-electron chi connectivity index (χ3n) is 8.35. The molecule has 35 heavy (non-hydrogen) atoms. The molecule has 178 valence electrons. The van der Waals surface area contributed by atoms with Gasteiger partial charge in [0.2, 0.25) is 0 Å². The molecule has 2 unspecified atom stereocenters. The largest absolute Gasteiger partial charge is 0.296 e. The van der Waals surface area contributed by atoms with Crippen LogP contribution in [-0.4, -0.2) is 4.57 Å². The normalized spacial score (nSPS) is 17.8. The molecule has 5 aromatic rings. The zero-order valence-corrected chi connectivity index (χ0v) is 22.5. The standard InChI is InChI=1S/C33H37N2/c1-19-11-9-12-20(2)29(19)31-23(5)34-22(4)21(3)25-13-10-14-26-27-17-24(18-33(6,7)8)15-16-28(27)35(31)32(34)30(25)26/h9-17,21-22H,18H2,1-8H3/q+1. The minimum atomic E-state index is 0.255. The zero-order chi connectivity index (χ0) is 24.8. The quantitative estimate of drug-likeness (QED) is 0.184. The molecule has 6 rings (SSSR count). The van der Waals surface area contributed by atoms with Crippen molar-refractivity contribution in [3.8, 4) is 11.3 Å². The number of benzene rings is 3. The molecule has 0 saturated heterocycles. The molecule has 0 bridgehead atoms. The van der Waals surface area contributed by atoms with Crippen LogP contribution in [0.15, 0.2) is 54.6 Å². The number of rotatable bonds is 2. The van der Waals surface area contributed by atoms with E-state index in [9.17, 15) is 0 Å². The molecule has 2 aromatic heterocycles. The van der Waals surface area contributed by atoms with Crippen LogP contribution in [0.25, 0.3) is 38.6 Å². The SMILES string of the molecule is Cc1cccc(C)c1-c1c(C)n2c3c4c(cccc4c4cc(CC(C)(C)C)ccc4[n+]13)C(C)C2C. The second-order valence-electron chi connectivity index (χ2n) is 12.1. The van der Waals surface area contributed by atoms with Crippen LogP contribution in [-0.2, 0) is 6.42 Å². The van der Waals surface area contributed by atoms with Crippen molar-refractivity contribution in [1.82, 2.24) is 4.57 Å². The van der Waals surface area contributed by atoms with Crippen LogP contribution in [0.2, 0.25) is 0 Å². The number of nitrogens with zero attached hydrogens (tertiary/aromatic N) is 2. The molecule has 3 heterocycles. The Morgan fingerprint density at radius 3 is 2.23 bits per heavy atom. The fraction of sp³-hybridized carbons (Fsp3) is 0.364. The topological polar surface area (TPSA) is 9.03 Å². The molecule has 0 fully saturated rings. The highest BCUT2D eigenvalue weighted by molar-refractivity contribution is 6.11. The molecule has 2 nitrogen and oxygen atoms in total. The van der Waals surface area contributed by atoms with Gasteiger partial charge in [0.1, 0.15) is 17.3 Å². The number of aromatic nitrogens is 2. The summed E-state index contributed by atoms with van der Waals surface area (Å²) in [5.41, 5.74) is 12.6. The number of aryl methyl sites for hydroxylation is 2. The molecule has 3 aromatic carbocycles. The van der Waals surface area contributed by atoms with Crippen molar-refractivity contribution in [3.05, 3.63) is 82.5 Å². The van der Waals surface area contributed by atoms with Crippen molar-refractivity contribution < 1.29 is 4.40 Å². The van der Waals surface area contributed by atoms with Gasteiger partial charge in [0.15, 0.2) is 5.69 Å². The number of fused-ring (bicyclic) bond motifs is 3. The summed E-state index contributed by atoms with van der Waals surface area (Å²) in [6.45, 7) is 18.6. The van der Waals surface area contributed by atoms with Crippen molar-refractivity contribution in [3.63, 3.8) is 0 Å². The van der Waals surface area contributed by atoms with Crippen LogP contribution in [0.1, 0.15) is 74.5 Å². The Morgan fingerprint density at radius 1 is 0.857 bits per heavy atom. The summed E-state index contributed by atoms with van der Waals surface area (Å²) >= 11 is 0. The molecule has 0 N–H and O–H groups in total.